The van der Waals surface area contributed by atoms with Crippen molar-refractivity contribution < 1.29 is 41.7 Å². The number of piperazine rings is 1. The van der Waals surface area contributed by atoms with Crippen molar-refractivity contribution in [3.05, 3.63) is 86.5 Å². The first-order chi connectivity index (χ1) is 33.5. The molecule has 3 fully saturated rings. The van der Waals surface area contributed by atoms with Gasteiger partial charge < -0.3 is 37.9 Å². The van der Waals surface area contributed by atoms with Gasteiger partial charge >= 0.3 is 12.1 Å². The van der Waals surface area contributed by atoms with Crippen molar-refractivity contribution in [2.24, 2.45) is 5.41 Å². The Morgan fingerprint density at radius 2 is 1.52 bits per heavy atom. The van der Waals surface area contributed by atoms with E-state index in [0.29, 0.717) is 53.5 Å². The molecule has 1 saturated carbocycles. The van der Waals surface area contributed by atoms with E-state index in [9.17, 15) is 4.79 Å². The predicted octanol–water partition coefficient (Wildman–Crippen LogP) is 12.0. The first-order valence-electron chi connectivity index (χ1n) is 24.6. The number of hydrogen-bond donors (Lipinski definition) is 0. The number of amides is 1. The number of carbonyl (C=O) groups excluding carboxylic acids is 1. The van der Waals surface area contributed by atoms with Gasteiger partial charge in [-0.15, -0.1) is 0 Å². The summed E-state index contributed by atoms with van der Waals surface area (Å²) in [5.74, 6) is 0.418. The maximum absolute atomic E-state index is 18.1. The lowest BCUT2D eigenvalue weighted by atomic mass is 9.98. The summed E-state index contributed by atoms with van der Waals surface area (Å²) in [7, 11) is 1.17. The molecule has 5 aromatic rings. The first kappa shape index (κ1) is 50.9. The van der Waals surface area contributed by atoms with Crippen LogP contribution in [-0.2, 0) is 22.3 Å². The largest absolute Gasteiger partial charge is 0.497 e. The van der Waals surface area contributed by atoms with Crippen LogP contribution in [0.1, 0.15) is 90.8 Å². The minimum atomic E-state index is -2.06. The molecular weight excluding hydrogens is 1040 g/mol. The summed E-state index contributed by atoms with van der Waals surface area (Å²) in [6, 6.07) is 16.2. The maximum Gasteiger partial charge on any atom is 0.410 e. The van der Waals surface area contributed by atoms with Crippen molar-refractivity contribution in [1.29, 1.82) is 0 Å². The van der Waals surface area contributed by atoms with Gasteiger partial charge in [0.05, 0.1) is 50.2 Å². The quantitative estimate of drug-likeness (QED) is 0.0777. The lowest BCUT2D eigenvalue weighted by molar-refractivity contribution is 0.000930. The van der Waals surface area contributed by atoms with Crippen LogP contribution in [0.5, 0.6) is 23.4 Å². The van der Waals surface area contributed by atoms with Gasteiger partial charge in [-0.1, -0.05) is 45.0 Å². The van der Waals surface area contributed by atoms with Crippen molar-refractivity contribution >= 4 is 59.4 Å². The van der Waals surface area contributed by atoms with E-state index < -0.39 is 37.7 Å². The highest BCUT2D eigenvalue weighted by molar-refractivity contribution is 14.1. The van der Waals surface area contributed by atoms with Crippen LogP contribution in [0.2, 0.25) is 18.1 Å². The van der Waals surface area contributed by atoms with E-state index in [2.05, 4.69) is 61.4 Å². The van der Waals surface area contributed by atoms with Gasteiger partial charge in [0, 0.05) is 35.2 Å². The van der Waals surface area contributed by atoms with Crippen molar-refractivity contribution in [2.45, 2.75) is 142 Å². The fraction of sp³-hybridized carbons (Fsp3) is 0.519. The zero-order chi connectivity index (χ0) is 50.9. The zero-order valence-corrected chi connectivity index (χ0v) is 46.2. The molecule has 5 heterocycles. The molecule has 2 aromatic heterocycles. The van der Waals surface area contributed by atoms with Crippen LogP contribution in [0.4, 0.5) is 25.1 Å². The van der Waals surface area contributed by atoms with Gasteiger partial charge in [0.15, 0.2) is 20.0 Å². The Bertz CT molecular complexity index is 2770. The average Bonchev–Trinajstić information content (AvgIpc) is 4.05. The Kier molecular flexibility index (Phi) is 13.7. The standard InChI is InChI=1S/C54H67F2IN6O7Si/c1-31-25-39(61(26-33-13-18-36(65-9)19-14-33)27-34-15-20-37(66-10)21-16-34)42(55)40(44(31)57)45-43(56)46-41-48(60-50(59-46)67-29-54(23-24-54)30-68-71(11,12)53(6,7)8)62-28-35-17-22-38(47(62)32(2)69-49(41)58-45)63(35)51(64)70-52(3,4)5/h13-16,18-21,25,32,35,38,47H,17,22-24,26-30H2,1-12H3/t32-,35+,38-,47+/m0/s1. The number of pyridine rings is 1. The van der Waals surface area contributed by atoms with E-state index in [1.165, 1.54) is 0 Å². The van der Waals surface area contributed by atoms with Crippen LogP contribution in [0, 0.1) is 27.5 Å². The summed E-state index contributed by atoms with van der Waals surface area (Å²) >= 11 is 2.09. The van der Waals surface area contributed by atoms with Gasteiger partial charge in [-0.05, 0) is 148 Å². The van der Waals surface area contributed by atoms with E-state index in [4.69, 9.17) is 43.1 Å². The Balaban J connectivity index is 1.17. The smallest absolute Gasteiger partial charge is 0.410 e. The molecule has 0 N–H and O–H groups in total. The third-order valence-electron chi connectivity index (χ3n) is 15.1. The second kappa shape index (κ2) is 19.1. The van der Waals surface area contributed by atoms with E-state index in [1.807, 2.05) is 92.9 Å². The van der Waals surface area contributed by atoms with E-state index in [1.54, 1.807) is 20.3 Å². The molecule has 0 spiro atoms. The van der Waals surface area contributed by atoms with Crippen molar-refractivity contribution in [2.75, 3.05) is 43.8 Å². The number of aromatic nitrogens is 3. The molecule has 0 radical (unpaired) electrons. The molecule has 4 atom stereocenters. The predicted molar refractivity (Wildman–Crippen MR) is 282 cm³/mol. The molecule has 1 amide bonds. The number of ether oxygens (including phenoxy) is 5. The highest BCUT2D eigenvalue weighted by atomic mass is 127. The van der Waals surface area contributed by atoms with Gasteiger partial charge in [0.25, 0.3) is 0 Å². The monoisotopic (exact) mass is 1100 g/mol. The lowest BCUT2D eigenvalue weighted by Crippen LogP contribution is -2.65. The molecule has 4 aliphatic rings. The van der Waals surface area contributed by atoms with Gasteiger partial charge in [-0.2, -0.15) is 9.97 Å². The van der Waals surface area contributed by atoms with Crippen LogP contribution < -0.4 is 28.7 Å². The van der Waals surface area contributed by atoms with Crippen LogP contribution in [0.3, 0.4) is 0 Å². The molecule has 3 aliphatic heterocycles. The van der Waals surface area contributed by atoms with Crippen LogP contribution in [0.15, 0.2) is 54.6 Å². The summed E-state index contributed by atoms with van der Waals surface area (Å²) in [5, 5.41) is 0.307. The number of fused-ring (bicyclic) bond motifs is 5. The Morgan fingerprint density at radius 3 is 2.08 bits per heavy atom. The summed E-state index contributed by atoms with van der Waals surface area (Å²) in [6.07, 6.45) is 2.32. The molecule has 9 rings (SSSR count). The fourth-order valence-corrected chi connectivity index (χ4v) is 11.6. The van der Waals surface area contributed by atoms with Gasteiger partial charge in [0.2, 0.25) is 5.88 Å². The molecular formula is C54H67F2IN6O7Si. The summed E-state index contributed by atoms with van der Waals surface area (Å²) in [5.41, 5.74) is 1.56. The highest BCUT2D eigenvalue weighted by Crippen LogP contribution is 2.50. The number of aryl methyl sites for hydroxylation is 1. The fourth-order valence-electron chi connectivity index (χ4n) is 9.84. The van der Waals surface area contributed by atoms with E-state index in [-0.39, 0.29) is 75.0 Å². The molecule has 71 heavy (non-hydrogen) atoms. The Hall–Kier alpha value is -5.01. The number of anilines is 2. The third kappa shape index (κ3) is 10.1. The number of benzene rings is 3. The SMILES string of the molecule is COc1ccc(CN(Cc2ccc(OC)cc2)c2cc(C)c(I)c(-c3nc4c5c(nc(OCC6(CO[Si](C)(C)C(C)(C)C)CC6)nc5c3F)N3C[C@H]5CC[C@@H]([C@H]3[C@H](C)O4)N5C(=O)OC(C)(C)C)c2F)cc1. The maximum atomic E-state index is 18.1. The normalized spacial score (nSPS) is 20.3. The summed E-state index contributed by atoms with van der Waals surface area (Å²) < 4.78 is 73.6. The molecule has 1 aliphatic carbocycles. The number of hydrogen-bond acceptors (Lipinski definition) is 12. The number of methoxy groups -OCH3 is 2. The molecule has 13 nitrogen and oxygen atoms in total. The molecule has 0 unspecified atom stereocenters. The second-order valence-corrected chi connectivity index (χ2v) is 28.3. The minimum absolute atomic E-state index is 0.00594. The van der Waals surface area contributed by atoms with Crippen LogP contribution in [-0.4, -0.2) is 98.1 Å². The average molecular weight is 1110 g/mol. The third-order valence-corrected chi connectivity index (χ3v) is 21.0. The molecule has 3 aromatic carbocycles. The van der Waals surface area contributed by atoms with Crippen molar-refractivity contribution in [3.63, 3.8) is 0 Å². The molecule has 2 saturated heterocycles. The van der Waals surface area contributed by atoms with E-state index >= 15 is 8.78 Å². The zero-order valence-electron chi connectivity index (χ0n) is 43.0. The molecule has 2 bridgehead atoms. The van der Waals surface area contributed by atoms with E-state index in [0.717, 1.165) is 36.0 Å². The van der Waals surface area contributed by atoms with Gasteiger partial charge in [-0.3, -0.25) is 4.90 Å². The highest BCUT2D eigenvalue weighted by Gasteiger charge is 2.54. The van der Waals surface area contributed by atoms with Crippen molar-refractivity contribution in [3.8, 4) is 34.6 Å². The van der Waals surface area contributed by atoms with Crippen molar-refractivity contribution in [1.82, 2.24) is 19.9 Å². The number of rotatable bonds is 14. The Labute approximate surface area is 431 Å². The van der Waals surface area contributed by atoms with Crippen LogP contribution >= 0.6 is 22.6 Å². The van der Waals surface area contributed by atoms with Crippen LogP contribution in [0.25, 0.3) is 22.2 Å². The molecule has 17 heteroatoms. The second-order valence-electron chi connectivity index (χ2n) is 22.4. The summed E-state index contributed by atoms with van der Waals surface area (Å²) in [6.45, 7) is 22.4. The topological polar surface area (TPSA) is 121 Å². The van der Waals surface area contributed by atoms with Gasteiger partial charge in [-0.25, -0.2) is 18.6 Å². The summed E-state index contributed by atoms with van der Waals surface area (Å²) in [4.78, 5) is 34.7. The van der Waals surface area contributed by atoms with Gasteiger partial charge in [0.1, 0.15) is 45.6 Å². The first-order valence-corrected chi connectivity index (χ1v) is 28.6. The molecule has 380 valence electrons. The number of halogens is 3. The Morgan fingerprint density at radius 1 is 0.901 bits per heavy atom. The number of carbonyl (C=O) groups is 1. The lowest BCUT2D eigenvalue weighted by Gasteiger charge is -2.48. The number of nitrogens with zero attached hydrogens (tertiary/aromatic N) is 6. The minimum Gasteiger partial charge on any atom is -0.497 e.